The van der Waals surface area contributed by atoms with Gasteiger partial charge >= 0.3 is 18.0 Å². The highest BCUT2D eigenvalue weighted by molar-refractivity contribution is 6.00. The quantitative estimate of drug-likeness (QED) is 0.649. The van der Waals surface area contributed by atoms with Gasteiger partial charge in [-0.3, -0.25) is 4.79 Å². The van der Waals surface area contributed by atoms with Crippen molar-refractivity contribution in [2.45, 2.75) is 26.8 Å². The molecule has 0 radical (unpaired) electrons. The van der Waals surface area contributed by atoms with Crippen LogP contribution < -0.4 is 5.32 Å². The number of esters is 2. The minimum atomic E-state index is -0.510. The summed E-state index contributed by atoms with van der Waals surface area (Å²) in [5.74, 6) is -0.880. The van der Waals surface area contributed by atoms with Gasteiger partial charge in [0.2, 0.25) is 0 Å². The number of nitrogens with zero attached hydrogens (tertiary/aromatic N) is 1. The first-order valence-electron chi connectivity index (χ1n) is 9.56. The van der Waals surface area contributed by atoms with Crippen molar-refractivity contribution in [2.24, 2.45) is 0 Å². The third-order valence-electron chi connectivity index (χ3n) is 4.06. The SMILES string of the molecule is CCOC(=O)CCN(Cc1ccccc1)C(=O)Nc1ccccc1C(=O)OCC. The Kier molecular flexibility index (Phi) is 8.69. The fourth-order valence-electron chi connectivity index (χ4n) is 2.69. The molecule has 7 nitrogen and oxygen atoms in total. The zero-order chi connectivity index (χ0) is 21.1. The fourth-order valence-corrected chi connectivity index (χ4v) is 2.69. The van der Waals surface area contributed by atoms with Gasteiger partial charge in [0, 0.05) is 13.1 Å². The molecule has 2 aromatic carbocycles. The van der Waals surface area contributed by atoms with E-state index in [2.05, 4.69) is 5.32 Å². The maximum atomic E-state index is 12.9. The highest BCUT2D eigenvalue weighted by Gasteiger charge is 2.19. The summed E-state index contributed by atoms with van der Waals surface area (Å²) in [5.41, 5.74) is 1.54. The standard InChI is InChI=1S/C22H26N2O5/c1-3-28-20(25)14-15-24(16-17-10-6-5-7-11-17)22(27)23-19-13-9-8-12-18(19)21(26)29-4-2/h5-13H,3-4,14-16H2,1-2H3,(H,23,27). The molecule has 0 atom stereocenters. The van der Waals surface area contributed by atoms with Gasteiger partial charge in [-0.25, -0.2) is 9.59 Å². The van der Waals surface area contributed by atoms with Crippen LogP contribution in [0.2, 0.25) is 0 Å². The van der Waals surface area contributed by atoms with Crippen LogP contribution in [-0.4, -0.2) is 42.6 Å². The molecule has 29 heavy (non-hydrogen) atoms. The van der Waals surface area contributed by atoms with Crippen LogP contribution in [-0.2, 0) is 20.8 Å². The van der Waals surface area contributed by atoms with Crippen molar-refractivity contribution < 1.29 is 23.9 Å². The van der Waals surface area contributed by atoms with Gasteiger partial charge < -0.3 is 19.7 Å². The molecular formula is C22H26N2O5. The number of ether oxygens (including phenoxy) is 2. The highest BCUT2D eigenvalue weighted by atomic mass is 16.5. The van der Waals surface area contributed by atoms with Crippen molar-refractivity contribution in [3.05, 3.63) is 65.7 Å². The first kappa shape index (κ1) is 21.9. The normalized spacial score (nSPS) is 10.1. The zero-order valence-electron chi connectivity index (χ0n) is 16.7. The van der Waals surface area contributed by atoms with Crippen LogP contribution in [0.15, 0.2) is 54.6 Å². The summed E-state index contributed by atoms with van der Waals surface area (Å²) in [4.78, 5) is 38.3. The minimum absolute atomic E-state index is 0.0770. The summed E-state index contributed by atoms with van der Waals surface area (Å²) >= 11 is 0. The number of rotatable bonds is 9. The number of hydrogen-bond donors (Lipinski definition) is 1. The first-order valence-corrected chi connectivity index (χ1v) is 9.56. The topological polar surface area (TPSA) is 84.9 Å². The van der Waals surface area contributed by atoms with Crippen LogP contribution in [0.5, 0.6) is 0 Å². The Morgan fingerprint density at radius 2 is 1.55 bits per heavy atom. The number of urea groups is 1. The van der Waals surface area contributed by atoms with E-state index in [1.165, 1.54) is 4.90 Å². The number of benzene rings is 2. The van der Waals surface area contributed by atoms with Crippen LogP contribution in [0.25, 0.3) is 0 Å². The number of hydrogen-bond acceptors (Lipinski definition) is 5. The van der Waals surface area contributed by atoms with Gasteiger partial charge in [-0.2, -0.15) is 0 Å². The Bertz CT molecular complexity index is 823. The maximum absolute atomic E-state index is 12.9. The highest BCUT2D eigenvalue weighted by Crippen LogP contribution is 2.18. The summed E-state index contributed by atoms with van der Waals surface area (Å²) < 4.78 is 10.0. The summed E-state index contributed by atoms with van der Waals surface area (Å²) in [5, 5.41) is 2.76. The van der Waals surface area contributed by atoms with Gasteiger partial charge in [-0.15, -0.1) is 0 Å². The largest absolute Gasteiger partial charge is 0.466 e. The van der Waals surface area contributed by atoms with E-state index in [9.17, 15) is 14.4 Å². The predicted molar refractivity (Wildman–Crippen MR) is 110 cm³/mol. The summed E-state index contributed by atoms with van der Waals surface area (Å²) in [6.07, 6.45) is 0.0770. The number of carbonyl (C=O) groups is 3. The molecule has 2 rings (SSSR count). The lowest BCUT2D eigenvalue weighted by Crippen LogP contribution is -2.36. The Morgan fingerprint density at radius 3 is 2.24 bits per heavy atom. The Labute approximate surface area is 170 Å². The predicted octanol–water partition coefficient (Wildman–Crippen LogP) is 3.85. The van der Waals surface area contributed by atoms with E-state index in [4.69, 9.17) is 9.47 Å². The van der Waals surface area contributed by atoms with Gasteiger partial charge in [-0.1, -0.05) is 42.5 Å². The average Bonchev–Trinajstić information content (AvgIpc) is 2.72. The second-order valence-corrected chi connectivity index (χ2v) is 6.16. The molecule has 0 aliphatic carbocycles. The maximum Gasteiger partial charge on any atom is 0.340 e. The zero-order valence-corrected chi connectivity index (χ0v) is 16.7. The molecule has 2 amide bonds. The number of carbonyl (C=O) groups excluding carboxylic acids is 3. The lowest BCUT2D eigenvalue weighted by atomic mass is 10.2. The van der Waals surface area contributed by atoms with Crippen molar-refractivity contribution in [3.63, 3.8) is 0 Å². The molecule has 0 heterocycles. The fraction of sp³-hybridized carbons (Fsp3) is 0.318. The summed E-state index contributed by atoms with van der Waals surface area (Å²) in [6.45, 7) is 4.47. The molecule has 7 heteroatoms. The van der Waals surface area contributed by atoms with E-state index < -0.39 is 12.0 Å². The number of nitrogens with one attached hydrogen (secondary N) is 1. The molecule has 0 saturated carbocycles. The van der Waals surface area contributed by atoms with Crippen molar-refractivity contribution in [2.75, 3.05) is 25.1 Å². The lowest BCUT2D eigenvalue weighted by molar-refractivity contribution is -0.143. The van der Waals surface area contributed by atoms with Crippen LogP contribution in [0.3, 0.4) is 0 Å². The molecule has 0 bridgehead atoms. The molecule has 0 aliphatic rings. The van der Waals surface area contributed by atoms with Gasteiger partial charge in [0.25, 0.3) is 0 Å². The Balaban J connectivity index is 2.16. The summed E-state index contributed by atoms with van der Waals surface area (Å²) in [7, 11) is 0. The number of amides is 2. The number of para-hydroxylation sites is 1. The van der Waals surface area contributed by atoms with Crippen LogP contribution in [0.1, 0.15) is 36.2 Å². The molecule has 0 aromatic heterocycles. The monoisotopic (exact) mass is 398 g/mol. The van der Waals surface area contributed by atoms with Gasteiger partial charge in [0.15, 0.2) is 0 Å². The molecule has 0 unspecified atom stereocenters. The van der Waals surface area contributed by atoms with Crippen molar-refractivity contribution in [3.8, 4) is 0 Å². The van der Waals surface area contributed by atoms with Gasteiger partial charge in [0.05, 0.1) is 30.9 Å². The molecular weight excluding hydrogens is 372 g/mol. The molecule has 0 saturated heterocycles. The van der Waals surface area contributed by atoms with E-state index in [0.29, 0.717) is 12.2 Å². The minimum Gasteiger partial charge on any atom is -0.466 e. The lowest BCUT2D eigenvalue weighted by Gasteiger charge is -2.23. The molecule has 0 fully saturated rings. The van der Waals surface area contributed by atoms with Crippen molar-refractivity contribution in [1.82, 2.24) is 4.90 Å². The molecule has 0 aliphatic heterocycles. The van der Waals surface area contributed by atoms with Crippen LogP contribution >= 0.6 is 0 Å². The van der Waals surface area contributed by atoms with Crippen LogP contribution in [0.4, 0.5) is 10.5 Å². The number of anilines is 1. The first-order chi connectivity index (χ1) is 14.0. The molecule has 1 N–H and O–H groups in total. The van der Waals surface area contributed by atoms with Crippen LogP contribution in [0, 0.1) is 0 Å². The van der Waals surface area contributed by atoms with E-state index in [1.807, 2.05) is 30.3 Å². The molecule has 154 valence electrons. The van der Waals surface area contributed by atoms with E-state index in [-0.39, 0.29) is 37.7 Å². The van der Waals surface area contributed by atoms with E-state index in [0.717, 1.165) is 5.56 Å². The van der Waals surface area contributed by atoms with E-state index in [1.54, 1.807) is 38.1 Å². The van der Waals surface area contributed by atoms with Crippen molar-refractivity contribution >= 4 is 23.7 Å². The Hall–Kier alpha value is -3.35. The van der Waals surface area contributed by atoms with Crippen molar-refractivity contribution in [1.29, 1.82) is 0 Å². The van der Waals surface area contributed by atoms with Gasteiger partial charge in [-0.05, 0) is 31.5 Å². The second kappa shape index (κ2) is 11.5. The third-order valence-corrected chi connectivity index (χ3v) is 4.06. The van der Waals surface area contributed by atoms with E-state index >= 15 is 0 Å². The second-order valence-electron chi connectivity index (χ2n) is 6.16. The molecule has 2 aromatic rings. The summed E-state index contributed by atoms with van der Waals surface area (Å²) in [6, 6.07) is 15.7. The van der Waals surface area contributed by atoms with Gasteiger partial charge in [0.1, 0.15) is 0 Å². The smallest absolute Gasteiger partial charge is 0.340 e. The third kappa shape index (κ3) is 6.95. The molecule has 0 spiro atoms. The average molecular weight is 398 g/mol. The Morgan fingerprint density at radius 1 is 0.897 bits per heavy atom.